The van der Waals surface area contributed by atoms with E-state index in [0.717, 1.165) is 5.56 Å². The molecule has 1 aliphatic heterocycles. The fourth-order valence-electron chi connectivity index (χ4n) is 2.40. The van der Waals surface area contributed by atoms with Gasteiger partial charge in [0.05, 0.1) is 5.41 Å². The number of ether oxygens (including phenoxy) is 2. The molecule has 23 heavy (non-hydrogen) atoms. The summed E-state index contributed by atoms with van der Waals surface area (Å²) in [6.45, 7) is 2.53. The number of benzene rings is 1. The van der Waals surface area contributed by atoms with Crippen molar-refractivity contribution in [3.8, 4) is 5.75 Å². The quantitative estimate of drug-likeness (QED) is 0.827. The Morgan fingerprint density at radius 3 is 2.70 bits per heavy atom. The van der Waals surface area contributed by atoms with Crippen molar-refractivity contribution in [3.05, 3.63) is 28.8 Å². The summed E-state index contributed by atoms with van der Waals surface area (Å²) in [6, 6.07) is 5.12. The molecule has 2 N–H and O–H groups in total. The Morgan fingerprint density at radius 2 is 2.09 bits per heavy atom. The van der Waals surface area contributed by atoms with E-state index in [1.54, 1.807) is 18.2 Å². The third-order valence-electron chi connectivity index (χ3n) is 4.03. The summed E-state index contributed by atoms with van der Waals surface area (Å²) in [5, 5.41) is 12.7. The molecule has 1 fully saturated rings. The van der Waals surface area contributed by atoms with Gasteiger partial charge in [-0.3, -0.25) is 9.59 Å². The number of carboxylic acids is 1. The molecule has 0 saturated carbocycles. The maximum Gasteiger partial charge on any atom is 0.311 e. The number of amides is 1. The summed E-state index contributed by atoms with van der Waals surface area (Å²) in [6.07, 6.45) is 0.777. The van der Waals surface area contributed by atoms with Crippen molar-refractivity contribution in [2.75, 3.05) is 26.4 Å². The number of carbonyl (C=O) groups is 2. The van der Waals surface area contributed by atoms with Gasteiger partial charge in [0.25, 0.3) is 5.91 Å². The van der Waals surface area contributed by atoms with E-state index < -0.39 is 11.4 Å². The molecule has 0 radical (unpaired) electrons. The predicted octanol–water partition coefficient (Wildman–Crippen LogP) is 2.02. The molecule has 6 nitrogen and oxygen atoms in total. The van der Waals surface area contributed by atoms with Gasteiger partial charge in [0, 0.05) is 24.8 Å². The highest BCUT2D eigenvalue weighted by molar-refractivity contribution is 6.31. The summed E-state index contributed by atoms with van der Waals surface area (Å²) in [4.78, 5) is 23.4. The number of hydrogen-bond donors (Lipinski definition) is 2. The summed E-state index contributed by atoms with van der Waals surface area (Å²) in [7, 11) is 0. The molecule has 0 atom stereocenters. The van der Waals surface area contributed by atoms with E-state index in [0.29, 0.717) is 36.8 Å². The van der Waals surface area contributed by atoms with Gasteiger partial charge < -0.3 is 19.9 Å². The second kappa shape index (κ2) is 7.66. The molecular formula is C16H20ClNO5. The Labute approximate surface area is 139 Å². The minimum absolute atomic E-state index is 0.0769. The maximum atomic E-state index is 11.9. The van der Waals surface area contributed by atoms with Gasteiger partial charge in [0.1, 0.15) is 5.75 Å². The second-order valence-corrected chi connectivity index (χ2v) is 6.08. The minimum Gasteiger partial charge on any atom is -0.484 e. The normalized spacial score (nSPS) is 16.6. The van der Waals surface area contributed by atoms with Crippen molar-refractivity contribution >= 4 is 23.5 Å². The molecule has 1 saturated heterocycles. The Bertz CT molecular complexity index is 584. The van der Waals surface area contributed by atoms with Crippen molar-refractivity contribution in [2.45, 2.75) is 19.8 Å². The molecule has 0 spiro atoms. The van der Waals surface area contributed by atoms with Crippen molar-refractivity contribution in [2.24, 2.45) is 5.41 Å². The first-order chi connectivity index (χ1) is 10.9. The number of hydrogen-bond acceptors (Lipinski definition) is 4. The lowest BCUT2D eigenvalue weighted by atomic mass is 9.80. The van der Waals surface area contributed by atoms with E-state index in [4.69, 9.17) is 21.1 Å². The van der Waals surface area contributed by atoms with Gasteiger partial charge in [0.15, 0.2) is 6.61 Å². The molecule has 0 bridgehead atoms. The lowest BCUT2D eigenvalue weighted by Crippen LogP contribution is -2.47. The zero-order valence-electron chi connectivity index (χ0n) is 12.9. The largest absolute Gasteiger partial charge is 0.484 e. The van der Waals surface area contributed by atoms with E-state index in [1.165, 1.54) is 0 Å². The van der Waals surface area contributed by atoms with Crippen LogP contribution in [0.4, 0.5) is 0 Å². The lowest BCUT2D eigenvalue weighted by molar-refractivity contribution is -0.154. The molecule has 1 amide bonds. The van der Waals surface area contributed by atoms with Gasteiger partial charge in [-0.2, -0.15) is 0 Å². The fourth-order valence-corrected chi connectivity index (χ4v) is 2.52. The standard InChI is InChI=1S/C16H20ClNO5/c1-11-8-12(2-3-13(11)17)23-9-14(19)18-10-16(15(20)21)4-6-22-7-5-16/h2-3,8H,4-7,9-10H2,1H3,(H,18,19)(H,20,21). The molecule has 1 aromatic rings. The monoisotopic (exact) mass is 341 g/mol. The first kappa shape index (κ1) is 17.6. The Kier molecular flexibility index (Phi) is 5.85. The zero-order valence-corrected chi connectivity index (χ0v) is 13.7. The number of rotatable bonds is 6. The number of halogens is 1. The highest BCUT2D eigenvalue weighted by atomic mass is 35.5. The number of carbonyl (C=O) groups excluding carboxylic acids is 1. The molecule has 7 heteroatoms. The summed E-state index contributed by atoms with van der Waals surface area (Å²) >= 11 is 5.92. The molecular weight excluding hydrogens is 322 g/mol. The van der Waals surface area contributed by atoms with Crippen LogP contribution in [0.1, 0.15) is 18.4 Å². The predicted molar refractivity (Wildman–Crippen MR) is 84.8 cm³/mol. The first-order valence-electron chi connectivity index (χ1n) is 7.40. The Balaban J connectivity index is 1.84. The van der Waals surface area contributed by atoms with Crippen LogP contribution in [0.3, 0.4) is 0 Å². The fraction of sp³-hybridized carbons (Fsp3) is 0.500. The highest BCUT2D eigenvalue weighted by Crippen LogP contribution is 2.30. The molecule has 0 unspecified atom stereocenters. The number of aliphatic carboxylic acids is 1. The minimum atomic E-state index is -0.954. The van der Waals surface area contributed by atoms with Crippen molar-refractivity contribution in [1.29, 1.82) is 0 Å². The summed E-state index contributed by atoms with van der Waals surface area (Å²) < 4.78 is 10.6. The van der Waals surface area contributed by atoms with Crippen LogP contribution in [0, 0.1) is 12.3 Å². The van der Waals surface area contributed by atoms with Crippen LogP contribution in [0.25, 0.3) is 0 Å². The number of carboxylic acid groups (broad SMARTS) is 1. The van der Waals surface area contributed by atoms with Crippen LogP contribution in [0.2, 0.25) is 5.02 Å². The number of nitrogens with one attached hydrogen (secondary N) is 1. The summed E-state index contributed by atoms with van der Waals surface area (Å²) in [5.74, 6) is -0.721. The summed E-state index contributed by atoms with van der Waals surface area (Å²) in [5.41, 5.74) is -0.0956. The molecule has 1 heterocycles. The topological polar surface area (TPSA) is 84.9 Å². The zero-order chi connectivity index (χ0) is 16.9. The third kappa shape index (κ3) is 4.59. The Hall–Kier alpha value is -1.79. The Morgan fingerprint density at radius 1 is 1.39 bits per heavy atom. The third-order valence-corrected chi connectivity index (χ3v) is 4.45. The van der Waals surface area contributed by atoms with Gasteiger partial charge in [-0.15, -0.1) is 0 Å². The van der Waals surface area contributed by atoms with E-state index >= 15 is 0 Å². The number of aryl methyl sites for hydroxylation is 1. The highest BCUT2D eigenvalue weighted by Gasteiger charge is 2.40. The van der Waals surface area contributed by atoms with Gasteiger partial charge in [0.2, 0.25) is 0 Å². The maximum absolute atomic E-state index is 11.9. The molecule has 1 aromatic carbocycles. The average Bonchev–Trinajstić information content (AvgIpc) is 2.54. The van der Waals surface area contributed by atoms with Gasteiger partial charge >= 0.3 is 5.97 Å². The van der Waals surface area contributed by atoms with Crippen LogP contribution < -0.4 is 10.1 Å². The lowest BCUT2D eigenvalue weighted by Gasteiger charge is -2.33. The second-order valence-electron chi connectivity index (χ2n) is 5.67. The van der Waals surface area contributed by atoms with Gasteiger partial charge in [-0.1, -0.05) is 11.6 Å². The van der Waals surface area contributed by atoms with Crippen LogP contribution in [-0.4, -0.2) is 43.3 Å². The van der Waals surface area contributed by atoms with E-state index in [2.05, 4.69) is 5.32 Å². The smallest absolute Gasteiger partial charge is 0.311 e. The van der Waals surface area contributed by atoms with Crippen LogP contribution in [0.5, 0.6) is 5.75 Å². The molecule has 2 rings (SSSR count). The van der Waals surface area contributed by atoms with Gasteiger partial charge in [-0.05, 0) is 43.5 Å². The molecule has 126 valence electrons. The molecule has 0 aliphatic carbocycles. The molecule has 0 aromatic heterocycles. The first-order valence-corrected chi connectivity index (χ1v) is 7.77. The van der Waals surface area contributed by atoms with Crippen LogP contribution in [-0.2, 0) is 14.3 Å². The van der Waals surface area contributed by atoms with Crippen molar-refractivity contribution < 1.29 is 24.2 Å². The average molecular weight is 342 g/mol. The van der Waals surface area contributed by atoms with Crippen LogP contribution in [0.15, 0.2) is 18.2 Å². The van der Waals surface area contributed by atoms with Crippen molar-refractivity contribution in [1.82, 2.24) is 5.32 Å². The van der Waals surface area contributed by atoms with Crippen LogP contribution >= 0.6 is 11.6 Å². The van der Waals surface area contributed by atoms with E-state index in [1.807, 2.05) is 6.92 Å². The van der Waals surface area contributed by atoms with Crippen molar-refractivity contribution in [3.63, 3.8) is 0 Å². The SMILES string of the molecule is Cc1cc(OCC(=O)NCC2(C(=O)O)CCOCC2)ccc1Cl. The molecule has 1 aliphatic rings. The van der Waals surface area contributed by atoms with E-state index in [-0.39, 0.29) is 19.1 Å². The van der Waals surface area contributed by atoms with Gasteiger partial charge in [-0.25, -0.2) is 0 Å². The van der Waals surface area contributed by atoms with E-state index in [9.17, 15) is 14.7 Å².